The van der Waals surface area contributed by atoms with Gasteiger partial charge in [0.2, 0.25) is 0 Å². The monoisotopic (exact) mass is 300 g/mol. The molecule has 0 aliphatic rings. The lowest BCUT2D eigenvalue weighted by Gasteiger charge is -2.07. The Balaban J connectivity index is 2.01. The highest BCUT2D eigenvalue weighted by atomic mass is 35.5. The summed E-state index contributed by atoms with van der Waals surface area (Å²) in [4.78, 5) is 4.43. The number of fused-ring (bicyclic) bond motifs is 1. The second-order valence-electron chi connectivity index (χ2n) is 3.62. The van der Waals surface area contributed by atoms with Gasteiger partial charge < -0.3 is 16.0 Å². The summed E-state index contributed by atoms with van der Waals surface area (Å²) in [5.74, 6) is 0. The van der Waals surface area contributed by atoms with Crippen LogP contribution in [-0.4, -0.2) is 30.2 Å². The van der Waals surface area contributed by atoms with Crippen LogP contribution >= 0.6 is 35.2 Å². The van der Waals surface area contributed by atoms with Crippen LogP contribution in [0, 0.1) is 0 Å². The van der Waals surface area contributed by atoms with Gasteiger partial charge in [0.05, 0.1) is 10.2 Å². The molecule has 1 aromatic heterocycles. The Morgan fingerprint density at radius 1 is 1.44 bits per heavy atom. The maximum atomic E-state index is 5.93. The van der Waals surface area contributed by atoms with Gasteiger partial charge in [0, 0.05) is 18.1 Å². The lowest BCUT2D eigenvalue weighted by atomic mass is 10.3. The Morgan fingerprint density at radius 3 is 3.06 bits per heavy atom. The van der Waals surface area contributed by atoms with Crippen molar-refractivity contribution in [1.82, 2.24) is 15.6 Å². The molecule has 0 saturated heterocycles. The first-order chi connectivity index (χ1) is 8.69. The molecular weight excluding hydrogens is 288 g/mol. The molecule has 96 valence electrons. The third kappa shape index (κ3) is 3.52. The molecule has 3 N–H and O–H groups in total. The van der Waals surface area contributed by atoms with Crippen LogP contribution in [0.4, 0.5) is 5.13 Å². The zero-order valence-electron chi connectivity index (χ0n) is 9.79. The Morgan fingerprint density at radius 2 is 2.28 bits per heavy atom. The molecule has 0 amide bonds. The van der Waals surface area contributed by atoms with Crippen molar-refractivity contribution in [3.8, 4) is 0 Å². The third-order valence-corrected chi connectivity index (χ3v) is 3.65. The number of hydrogen-bond donors (Lipinski definition) is 3. The lowest BCUT2D eigenvalue weighted by Crippen LogP contribution is -2.33. The van der Waals surface area contributed by atoms with Crippen LogP contribution in [0.1, 0.15) is 0 Å². The fourth-order valence-corrected chi connectivity index (χ4v) is 2.80. The van der Waals surface area contributed by atoms with Crippen molar-refractivity contribution in [2.24, 2.45) is 0 Å². The molecule has 0 bridgehead atoms. The maximum absolute atomic E-state index is 5.93. The van der Waals surface area contributed by atoms with Gasteiger partial charge >= 0.3 is 0 Å². The van der Waals surface area contributed by atoms with E-state index in [-0.39, 0.29) is 0 Å². The zero-order chi connectivity index (χ0) is 13.0. The number of hydrogen-bond acceptors (Lipinski definition) is 4. The highest BCUT2D eigenvalue weighted by molar-refractivity contribution is 7.80. The molecule has 7 heteroatoms. The van der Waals surface area contributed by atoms with Crippen LogP contribution in [0.25, 0.3) is 10.2 Å². The number of nitrogens with zero attached hydrogens (tertiary/aromatic N) is 1. The van der Waals surface area contributed by atoms with Crippen molar-refractivity contribution in [1.29, 1.82) is 0 Å². The molecular formula is C11H13ClN4S2. The summed E-state index contributed by atoms with van der Waals surface area (Å²) in [5.41, 5.74) is 0.921. The molecule has 0 spiro atoms. The van der Waals surface area contributed by atoms with Gasteiger partial charge in [0.1, 0.15) is 0 Å². The van der Waals surface area contributed by atoms with Gasteiger partial charge in [-0.2, -0.15) is 0 Å². The number of rotatable bonds is 4. The molecule has 1 heterocycles. The number of benzene rings is 1. The number of anilines is 1. The number of thiazole rings is 1. The molecule has 1 aromatic carbocycles. The van der Waals surface area contributed by atoms with Crippen LogP contribution in [-0.2, 0) is 0 Å². The quantitative estimate of drug-likeness (QED) is 0.598. The smallest absolute Gasteiger partial charge is 0.190 e. The largest absolute Gasteiger partial charge is 0.361 e. The summed E-state index contributed by atoms with van der Waals surface area (Å²) >= 11 is 12.6. The number of halogens is 1. The first-order valence-corrected chi connectivity index (χ1v) is 7.05. The van der Waals surface area contributed by atoms with Gasteiger partial charge in [0.15, 0.2) is 10.2 Å². The second-order valence-corrected chi connectivity index (χ2v) is 5.49. The fourth-order valence-electron chi connectivity index (χ4n) is 1.39. The predicted molar refractivity (Wildman–Crippen MR) is 82.8 cm³/mol. The van der Waals surface area contributed by atoms with Crippen LogP contribution in [0.5, 0.6) is 0 Å². The predicted octanol–water partition coefficient (Wildman–Crippen LogP) is 2.46. The molecule has 4 nitrogen and oxygen atoms in total. The van der Waals surface area contributed by atoms with Crippen molar-refractivity contribution >= 4 is 55.6 Å². The van der Waals surface area contributed by atoms with Crippen molar-refractivity contribution in [2.45, 2.75) is 0 Å². The van der Waals surface area contributed by atoms with Gasteiger partial charge in [-0.05, 0) is 37.5 Å². The SMILES string of the molecule is CNCCNC(=S)Nc1nc2ccc(Cl)cc2s1. The highest BCUT2D eigenvalue weighted by Gasteiger charge is 2.05. The number of aromatic nitrogens is 1. The van der Waals surface area contributed by atoms with E-state index in [4.69, 9.17) is 23.8 Å². The van der Waals surface area contributed by atoms with E-state index < -0.39 is 0 Å². The zero-order valence-corrected chi connectivity index (χ0v) is 12.2. The highest BCUT2D eigenvalue weighted by Crippen LogP contribution is 2.28. The minimum atomic E-state index is 0.579. The van der Waals surface area contributed by atoms with Crippen molar-refractivity contribution in [3.05, 3.63) is 23.2 Å². The minimum Gasteiger partial charge on any atom is -0.361 e. The molecule has 0 radical (unpaired) electrons. The summed E-state index contributed by atoms with van der Waals surface area (Å²) in [5, 5.41) is 11.3. The number of thiocarbonyl (C=S) groups is 1. The van der Waals surface area contributed by atoms with Crippen LogP contribution in [0.3, 0.4) is 0 Å². The molecule has 0 fully saturated rings. The van der Waals surface area contributed by atoms with Crippen molar-refractivity contribution in [2.75, 3.05) is 25.5 Å². The molecule has 0 saturated carbocycles. The number of likely N-dealkylation sites (N-methyl/N-ethyl adjacent to an activating group) is 1. The Labute approximate surface area is 120 Å². The first kappa shape index (κ1) is 13.5. The molecule has 0 unspecified atom stereocenters. The fraction of sp³-hybridized carbons (Fsp3) is 0.273. The van der Waals surface area contributed by atoms with E-state index in [1.165, 1.54) is 11.3 Å². The summed E-state index contributed by atoms with van der Waals surface area (Å²) < 4.78 is 1.04. The van der Waals surface area contributed by atoms with Gasteiger partial charge in [-0.1, -0.05) is 22.9 Å². The van der Waals surface area contributed by atoms with Crippen molar-refractivity contribution in [3.63, 3.8) is 0 Å². The molecule has 0 aliphatic carbocycles. The Hall–Kier alpha value is -0.950. The standard InChI is InChI=1S/C11H13ClN4S2/c1-13-4-5-14-10(17)16-11-15-8-3-2-7(12)6-9(8)18-11/h2-3,6,13H,4-5H2,1H3,(H2,14,15,16,17). The second kappa shape index (κ2) is 6.29. The van der Waals surface area contributed by atoms with Gasteiger partial charge in [-0.25, -0.2) is 4.98 Å². The average molecular weight is 301 g/mol. The first-order valence-electron chi connectivity index (χ1n) is 5.44. The van der Waals surface area contributed by atoms with E-state index in [1.807, 2.05) is 25.2 Å². The van der Waals surface area contributed by atoms with Crippen LogP contribution in [0.15, 0.2) is 18.2 Å². The van der Waals surface area contributed by atoms with E-state index >= 15 is 0 Å². The lowest BCUT2D eigenvalue weighted by molar-refractivity contribution is 0.760. The van der Waals surface area contributed by atoms with E-state index in [9.17, 15) is 0 Å². The van der Waals surface area contributed by atoms with E-state index in [2.05, 4.69) is 20.9 Å². The normalized spacial score (nSPS) is 10.6. The molecule has 2 aromatic rings. The Bertz CT molecular complexity index is 555. The third-order valence-electron chi connectivity index (χ3n) is 2.23. The van der Waals surface area contributed by atoms with Gasteiger partial charge in [-0.15, -0.1) is 0 Å². The maximum Gasteiger partial charge on any atom is 0.190 e. The van der Waals surface area contributed by atoms with E-state index in [0.717, 1.165) is 28.4 Å². The van der Waals surface area contributed by atoms with Crippen LogP contribution < -0.4 is 16.0 Å². The summed E-state index contributed by atoms with van der Waals surface area (Å²) in [6.07, 6.45) is 0. The van der Waals surface area contributed by atoms with E-state index in [0.29, 0.717) is 10.1 Å². The number of nitrogens with one attached hydrogen (secondary N) is 3. The summed E-state index contributed by atoms with van der Waals surface area (Å²) in [6, 6.07) is 5.63. The summed E-state index contributed by atoms with van der Waals surface area (Å²) in [7, 11) is 1.90. The van der Waals surface area contributed by atoms with Crippen molar-refractivity contribution < 1.29 is 0 Å². The van der Waals surface area contributed by atoms with E-state index in [1.54, 1.807) is 0 Å². The summed E-state index contributed by atoms with van der Waals surface area (Å²) in [6.45, 7) is 1.64. The van der Waals surface area contributed by atoms with Gasteiger partial charge in [0.25, 0.3) is 0 Å². The topological polar surface area (TPSA) is 49.0 Å². The molecule has 0 aliphatic heterocycles. The van der Waals surface area contributed by atoms with Gasteiger partial charge in [-0.3, -0.25) is 0 Å². The van der Waals surface area contributed by atoms with Crippen LogP contribution in [0.2, 0.25) is 5.02 Å². The molecule has 18 heavy (non-hydrogen) atoms. The molecule has 2 rings (SSSR count). The Kier molecular flexibility index (Phi) is 4.71. The molecule has 0 atom stereocenters. The minimum absolute atomic E-state index is 0.579. The average Bonchev–Trinajstić information content (AvgIpc) is 2.70.